The molecule has 1 aromatic heterocycles. The van der Waals surface area contributed by atoms with Crippen LogP contribution in [0.5, 0.6) is 0 Å². The van der Waals surface area contributed by atoms with Gasteiger partial charge in [0.05, 0.1) is 11.2 Å². The molecule has 0 radical (unpaired) electrons. The van der Waals surface area contributed by atoms with Crippen LogP contribution in [-0.2, 0) is 9.84 Å². The van der Waals surface area contributed by atoms with Crippen LogP contribution in [0.4, 0.5) is 8.78 Å². The van der Waals surface area contributed by atoms with Gasteiger partial charge in [0.1, 0.15) is 6.07 Å². The smallest absolute Gasteiger partial charge is 0.228 e. The Morgan fingerprint density at radius 1 is 1.40 bits per heavy atom. The van der Waals surface area contributed by atoms with Gasteiger partial charge in [-0.3, -0.25) is 0 Å². The summed E-state index contributed by atoms with van der Waals surface area (Å²) in [7, 11) is -4.19. The summed E-state index contributed by atoms with van der Waals surface area (Å²) < 4.78 is 52.4. The van der Waals surface area contributed by atoms with E-state index in [-0.39, 0.29) is 5.56 Å². The van der Waals surface area contributed by atoms with Crippen LogP contribution in [0.15, 0.2) is 35.7 Å². The third-order valence-corrected chi connectivity index (χ3v) is 4.79. The monoisotopic (exact) mass is 297 g/mol. The minimum Gasteiger partial charge on any atom is -0.308 e. The largest absolute Gasteiger partial charge is 0.308 e. The maximum atomic E-state index is 13.5. The summed E-state index contributed by atoms with van der Waals surface area (Å²) in [5.74, 6) is -2.38. The Morgan fingerprint density at radius 2 is 2.10 bits per heavy atom. The summed E-state index contributed by atoms with van der Waals surface area (Å²) in [6, 6.07) is 3.29. The molecule has 0 aliphatic rings. The van der Waals surface area contributed by atoms with Crippen molar-refractivity contribution in [2.75, 3.05) is 0 Å². The summed E-state index contributed by atoms with van der Waals surface area (Å²) in [6.07, 6.45) is 3.79. The molecule has 0 aliphatic carbocycles. The SMILES string of the molecule is Cc1c(S(=O)(=O)C(C#N)n2ccnc2)ccc(F)c1F. The molecule has 1 heterocycles. The molecule has 104 valence electrons. The van der Waals surface area contributed by atoms with Crippen molar-refractivity contribution < 1.29 is 17.2 Å². The Labute approximate surface area is 114 Å². The van der Waals surface area contributed by atoms with E-state index >= 15 is 0 Å². The number of halogens is 2. The van der Waals surface area contributed by atoms with E-state index in [9.17, 15) is 17.2 Å². The third-order valence-electron chi connectivity index (χ3n) is 2.80. The molecule has 0 fully saturated rings. The van der Waals surface area contributed by atoms with Gasteiger partial charge in [0.2, 0.25) is 15.2 Å². The Balaban J connectivity index is 2.62. The van der Waals surface area contributed by atoms with Crippen LogP contribution in [-0.4, -0.2) is 18.0 Å². The average Bonchev–Trinajstić information content (AvgIpc) is 2.90. The van der Waals surface area contributed by atoms with Gasteiger partial charge in [-0.25, -0.2) is 22.2 Å². The number of imidazole rings is 1. The number of hydrogen-bond acceptors (Lipinski definition) is 4. The lowest BCUT2D eigenvalue weighted by Crippen LogP contribution is -2.19. The van der Waals surface area contributed by atoms with Crippen LogP contribution in [0.25, 0.3) is 0 Å². The molecule has 2 aromatic rings. The zero-order chi connectivity index (χ0) is 14.9. The zero-order valence-corrected chi connectivity index (χ0v) is 11.1. The molecule has 20 heavy (non-hydrogen) atoms. The Morgan fingerprint density at radius 3 is 2.65 bits per heavy atom. The Hall–Kier alpha value is -2.27. The second-order valence-electron chi connectivity index (χ2n) is 4.02. The van der Waals surface area contributed by atoms with E-state index in [1.54, 1.807) is 6.07 Å². The van der Waals surface area contributed by atoms with E-state index in [2.05, 4.69) is 4.98 Å². The lowest BCUT2D eigenvalue weighted by atomic mass is 10.2. The summed E-state index contributed by atoms with van der Waals surface area (Å²) >= 11 is 0. The molecule has 1 atom stereocenters. The first kappa shape index (κ1) is 14.1. The topological polar surface area (TPSA) is 75.8 Å². The molecule has 0 spiro atoms. The summed E-state index contributed by atoms with van der Waals surface area (Å²) in [4.78, 5) is 3.25. The van der Waals surface area contributed by atoms with E-state index in [0.29, 0.717) is 0 Å². The molecule has 0 bridgehead atoms. The van der Waals surface area contributed by atoms with Crippen molar-refractivity contribution in [1.82, 2.24) is 9.55 Å². The second kappa shape index (κ2) is 5.02. The first-order chi connectivity index (χ1) is 9.39. The number of nitrogens with zero attached hydrogens (tertiary/aromatic N) is 3. The van der Waals surface area contributed by atoms with E-state index in [1.165, 1.54) is 18.7 Å². The van der Waals surface area contributed by atoms with Crippen molar-refractivity contribution in [1.29, 1.82) is 5.26 Å². The first-order valence-electron chi connectivity index (χ1n) is 5.45. The van der Waals surface area contributed by atoms with Crippen LogP contribution in [0.1, 0.15) is 10.9 Å². The predicted molar refractivity (Wildman–Crippen MR) is 65.2 cm³/mol. The van der Waals surface area contributed by atoms with Crippen molar-refractivity contribution in [2.45, 2.75) is 17.2 Å². The highest BCUT2D eigenvalue weighted by Gasteiger charge is 2.31. The fourth-order valence-electron chi connectivity index (χ4n) is 1.77. The maximum Gasteiger partial charge on any atom is 0.228 e. The molecular formula is C12H9F2N3O2S. The molecule has 0 saturated heterocycles. The van der Waals surface area contributed by atoms with Crippen LogP contribution < -0.4 is 0 Å². The molecular weight excluding hydrogens is 288 g/mol. The molecule has 8 heteroatoms. The second-order valence-corrected chi connectivity index (χ2v) is 6.00. The number of benzene rings is 1. The maximum absolute atomic E-state index is 13.5. The van der Waals surface area contributed by atoms with Gasteiger partial charge in [0.25, 0.3) is 0 Å². The van der Waals surface area contributed by atoms with E-state index < -0.39 is 31.7 Å². The van der Waals surface area contributed by atoms with Crippen molar-refractivity contribution in [3.63, 3.8) is 0 Å². The number of nitriles is 1. The number of rotatable bonds is 3. The average molecular weight is 297 g/mol. The van der Waals surface area contributed by atoms with Crippen LogP contribution in [0.3, 0.4) is 0 Å². The van der Waals surface area contributed by atoms with Gasteiger partial charge in [0, 0.05) is 18.0 Å². The van der Waals surface area contributed by atoms with Crippen LogP contribution >= 0.6 is 0 Å². The van der Waals surface area contributed by atoms with E-state index in [0.717, 1.165) is 23.6 Å². The van der Waals surface area contributed by atoms with Gasteiger partial charge in [-0.15, -0.1) is 0 Å². The highest BCUT2D eigenvalue weighted by molar-refractivity contribution is 7.91. The van der Waals surface area contributed by atoms with Crippen molar-refractivity contribution in [3.05, 3.63) is 48.1 Å². The van der Waals surface area contributed by atoms with Crippen molar-refractivity contribution in [2.24, 2.45) is 0 Å². The minimum atomic E-state index is -4.19. The Kier molecular flexibility index (Phi) is 3.55. The van der Waals surface area contributed by atoms with Gasteiger partial charge in [-0.05, 0) is 19.1 Å². The van der Waals surface area contributed by atoms with Gasteiger partial charge in [-0.1, -0.05) is 0 Å². The highest BCUT2D eigenvalue weighted by Crippen LogP contribution is 2.28. The van der Waals surface area contributed by atoms with E-state index in [4.69, 9.17) is 5.26 Å². The summed E-state index contributed by atoms with van der Waals surface area (Å²) in [5, 5.41) is 7.47. The predicted octanol–water partition coefficient (Wildman–Crippen LogP) is 1.97. The van der Waals surface area contributed by atoms with Gasteiger partial charge in [-0.2, -0.15) is 5.26 Å². The highest BCUT2D eigenvalue weighted by atomic mass is 32.2. The molecule has 0 N–H and O–H groups in total. The number of hydrogen-bond donors (Lipinski definition) is 0. The summed E-state index contributed by atoms with van der Waals surface area (Å²) in [5.41, 5.74) is -0.356. The fourth-order valence-corrected chi connectivity index (χ4v) is 3.37. The molecule has 0 saturated carbocycles. The lowest BCUT2D eigenvalue weighted by molar-refractivity contribution is 0.497. The fraction of sp³-hybridized carbons (Fsp3) is 0.167. The minimum absolute atomic E-state index is 0.356. The van der Waals surface area contributed by atoms with Gasteiger partial charge < -0.3 is 4.57 Å². The summed E-state index contributed by atoms with van der Waals surface area (Å²) in [6.45, 7) is 1.15. The van der Waals surface area contributed by atoms with Crippen LogP contribution in [0.2, 0.25) is 0 Å². The number of sulfone groups is 1. The molecule has 5 nitrogen and oxygen atoms in total. The number of aromatic nitrogens is 2. The Bertz CT molecular complexity index is 780. The zero-order valence-electron chi connectivity index (χ0n) is 10.3. The first-order valence-corrected chi connectivity index (χ1v) is 6.99. The third kappa shape index (κ3) is 2.16. The quantitative estimate of drug-likeness (QED) is 0.812. The molecule has 1 unspecified atom stereocenters. The van der Waals surface area contributed by atoms with Gasteiger partial charge >= 0.3 is 0 Å². The van der Waals surface area contributed by atoms with E-state index in [1.807, 2.05) is 0 Å². The molecule has 2 rings (SSSR count). The lowest BCUT2D eigenvalue weighted by Gasteiger charge is -2.14. The van der Waals surface area contributed by atoms with Crippen molar-refractivity contribution in [3.8, 4) is 6.07 Å². The van der Waals surface area contributed by atoms with Gasteiger partial charge in [0.15, 0.2) is 11.6 Å². The molecule has 0 amide bonds. The molecule has 1 aromatic carbocycles. The normalized spacial score (nSPS) is 12.9. The van der Waals surface area contributed by atoms with Crippen molar-refractivity contribution >= 4 is 9.84 Å². The standard InChI is InChI=1S/C12H9F2N3O2S/c1-8-10(3-2-9(13)12(8)14)20(18,19)11(6-15)17-5-4-16-7-17/h2-5,7,11H,1H3. The van der Waals surface area contributed by atoms with Crippen LogP contribution in [0, 0.1) is 29.9 Å². The molecule has 0 aliphatic heterocycles.